The van der Waals surface area contributed by atoms with E-state index in [0.717, 1.165) is 37.4 Å². The number of para-hydroxylation sites is 1. The van der Waals surface area contributed by atoms with Gasteiger partial charge in [-0.25, -0.2) is 9.69 Å². The highest BCUT2D eigenvalue weighted by molar-refractivity contribution is 5.99. The summed E-state index contributed by atoms with van der Waals surface area (Å²) in [5, 5.41) is 6.72. The molecular formula is C23H28N5O3+. The first kappa shape index (κ1) is 20.9. The minimum Gasteiger partial charge on any atom is -0.493 e. The van der Waals surface area contributed by atoms with Gasteiger partial charge in [-0.3, -0.25) is 10.2 Å². The van der Waals surface area contributed by atoms with Crippen molar-refractivity contribution >= 4 is 5.91 Å². The van der Waals surface area contributed by atoms with Crippen molar-refractivity contribution in [2.75, 3.05) is 47.4 Å². The molecule has 3 aromatic rings. The Kier molecular flexibility index (Phi) is 6.20. The number of amides is 1. The standard InChI is InChI=1S/C23H27N5O3/c1-26-11-13-27(14-12-26)25-23(29)19-16-28(18-7-5-4-6-8-18)24-22(19)17-9-10-20(30-2)21(15-17)31-3/h4-10,15-16H,11-14H2,1-3H3,(H,25,29)/p+1. The zero-order valence-electron chi connectivity index (χ0n) is 18.1. The third-order valence-electron chi connectivity index (χ3n) is 5.51. The van der Waals surface area contributed by atoms with Crippen LogP contribution in [0, 0.1) is 0 Å². The molecule has 1 aliphatic heterocycles. The fourth-order valence-corrected chi connectivity index (χ4v) is 3.65. The Morgan fingerprint density at radius 2 is 1.74 bits per heavy atom. The Morgan fingerprint density at radius 3 is 2.42 bits per heavy atom. The van der Waals surface area contributed by atoms with Gasteiger partial charge in [0, 0.05) is 11.8 Å². The van der Waals surface area contributed by atoms with Crippen molar-refractivity contribution in [1.29, 1.82) is 0 Å². The molecule has 2 N–H and O–H groups in total. The van der Waals surface area contributed by atoms with Crippen molar-refractivity contribution in [2.45, 2.75) is 0 Å². The van der Waals surface area contributed by atoms with Gasteiger partial charge in [-0.15, -0.1) is 0 Å². The second-order valence-corrected chi connectivity index (χ2v) is 7.63. The SMILES string of the molecule is COc1ccc(-c2nn(-c3ccccc3)cc2C(=O)NN2CC[NH+](C)CC2)cc1OC. The van der Waals surface area contributed by atoms with E-state index in [-0.39, 0.29) is 5.91 Å². The number of methoxy groups -OCH3 is 2. The normalized spacial score (nSPS) is 14.9. The van der Waals surface area contributed by atoms with E-state index in [1.807, 2.05) is 53.5 Å². The Morgan fingerprint density at radius 1 is 1.03 bits per heavy atom. The number of nitrogens with zero attached hydrogens (tertiary/aromatic N) is 3. The zero-order valence-corrected chi connectivity index (χ0v) is 18.1. The van der Waals surface area contributed by atoms with Crippen molar-refractivity contribution in [3.05, 3.63) is 60.3 Å². The van der Waals surface area contributed by atoms with Crippen LogP contribution in [-0.2, 0) is 0 Å². The van der Waals surface area contributed by atoms with Crippen molar-refractivity contribution in [3.8, 4) is 28.4 Å². The van der Waals surface area contributed by atoms with Crippen molar-refractivity contribution in [2.24, 2.45) is 0 Å². The maximum Gasteiger partial charge on any atom is 0.269 e. The second kappa shape index (κ2) is 9.20. The number of piperazine rings is 1. The minimum atomic E-state index is -0.175. The van der Waals surface area contributed by atoms with Crippen molar-refractivity contribution < 1.29 is 19.2 Å². The molecular weight excluding hydrogens is 394 g/mol. The van der Waals surface area contributed by atoms with Crippen LogP contribution in [0.4, 0.5) is 0 Å². The number of hydrazine groups is 1. The maximum atomic E-state index is 13.2. The molecule has 4 rings (SSSR count). The van der Waals surface area contributed by atoms with Crippen LogP contribution in [0.1, 0.15) is 10.4 Å². The Bertz CT molecular complexity index is 1040. The fraction of sp³-hybridized carbons (Fsp3) is 0.304. The van der Waals surface area contributed by atoms with Crippen LogP contribution < -0.4 is 19.8 Å². The first-order valence-corrected chi connectivity index (χ1v) is 10.3. The summed E-state index contributed by atoms with van der Waals surface area (Å²) in [7, 11) is 5.35. The van der Waals surface area contributed by atoms with Gasteiger partial charge in [-0.1, -0.05) is 18.2 Å². The number of ether oxygens (including phenoxy) is 2. The van der Waals surface area contributed by atoms with Gasteiger partial charge in [0.1, 0.15) is 5.69 Å². The number of quaternary nitrogens is 1. The summed E-state index contributed by atoms with van der Waals surface area (Å²) in [5.41, 5.74) is 5.80. The van der Waals surface area contributed by atoms with E-state index in [1.165, 1.54) is 4.90 Å². The molecule has 1 aliphatic rings. The van der Waals surface area contributed by atoms with E-state index in [1.54, 1.807) is 25.1 Å². The van der Waals surface area contributed by atoms with Crippen LogP contribution in [0.5, 0.6) is 11.5 Å². The first-order chi connectivity index (χ1) is 15.1. The second-order valence-electron chi connectivity index (χ2n) is 7.63. The highest BCUT2D eigenvalue weighted by atomic mass is 16.5. The molecule has 0 saturated carbocycles. The average molecular weight is 423 g/mol. The van der Waals surface area contributed by atoms with E-state index >= 15 is 0 Å². The van der Waals surface area contributed by atoms with Gasteiger partial charge in [0.05, 0.1) is 58.7 Å². The summed E-state index contributed by atoms with van der Waals surface area (Å²) in [5.74, 6) is 1.04. The number of nitrogens with one attached hydrogen (secondary N) is 2. The maximum absolute atomic E-state index is 13.2. The first-order valence-electron chi connectivity index (χ1n) is 10.3. The van der Waals surface area contributed by atoms with Crippen molar-refractivity contribution in [1.82, 2.24) is 20.2 Å². The van der Waals surface area contributed by atoms with Crippen LogP contribution in [0.3, 0.4) is 0 Å². The number of hydrogen-bond donors (Lipinski definition) is 2. The van der Waals surface area contributed by atoms with Gasteiger partial charge in [0.2, 0.25) is 0 Å². The zero-order chi connectivity index (χ0) is 21.8. The molecule has 1 amide bonds. The molecule has 31 heavy (non-hydrogen) atoms. The predicted octanol–water partition coefficient (Wildman–Crippen LogP) is 1.03. The van der Waals surface area contributed by atoms with Crippen LogP contribution in [0.25, 0.3) is 16.9 Å². The van der Waals surface area contributed by atoms with E-state index in [4.69, 9.17) is 14.6 Å². The van der Waals surface area contributed by atoms with Crippen LogP contribution in [0.15, 0.2) is 54.7 Å². The summed E-state index contributed by atoms with van der Waals surface area (Å²) in [4.78, 5) is 14.7. The Hall–Kier alpha value is -3.36. The minimum absolute atomic E-state index is 0.175. The smallest absolute Gasteiger partial charge is 0.269 e. The van der Waals surface area contributed by atoms with E-state index in [9.17, 15) is 4.79 Å². The summed E-state index contributed by atoms with van der Waals surface area (Å²) in [6.45, 7) is 3.62. The highest BCUT2D eigenvalue weighted by Crippen LogP contribution is 2.33. The molecule has 8 nitrogen and oxygen atoms in total. The highest BCUT2D eigenvalue weighted by Gasteiger charge is 2.24. The lowest BCUT2D eigenvalue weighted by Crippen LogP contribution is -3.12. The van der Waals surface area contributed by atoms with E-state index < -0.39 is 0 Å². The molecule has 0 radical (unpaired) electrons. The summed E-state index contributed by atoms with van der Waals surface area (Å²) >= 11 is 0. The van der Waals surface area contributed by atoms with Gasteiger partial charge in [-0.05, 0) is 30.3 Å². The number of benzene rings is 2. The summed E-state index contributed by atoms with van der Waals surface area (Å²) in [6.07, 6.45) is 1.78. The van der Waals surface area contributed by atoms with Gasteiger partial charge >= 0.3 is 0 Å². The number of rotatable bonds is 6. The molecule has 1 fully saturated rings. The lowest BCUT2D eigenvalue weighted by molar-refractivity contribution is -0.884. The lowest BCUT2D eigenvalue weighted by Gasteiger charge is -2.30. The molecule has 0 unspecified atom stereocenters. The van der Waals surface area contributed by atoms with Gasteiger partial charge in [-0.2, -0.15) is 5.10 Å². The topological polar surface area (TPSA) is 73.1 Å². The summed E-state index contributed by atoms with van der Waals surface area (Å²) in [6, 6.07) is 15.3. The van der Waals surface area contributed by atoms with E-state index in [2.05, 4.69) is 12.5 Å². The lowest BCUT2D eigenvalue weighted by atomic mass is 10.1. The number of likely N-dealkylation sites (N-methyl/N-ethyl adjacent to an activating group) is 1. The molecule has 1 saturated heterocycles. The number of hydrogen-bond acceptors (Lipinski definition) is 5. The van der Waals surface area contributed by atoms with Gasteiger partial charge < -0.3 is 14.4 Å². The quantitative estimate of drug-likeness (QED) is 0.621. The molecule has 0 spiro atoms. The molecule has 0 aliphatic carbocycles. The Balaban J connectivity index is 1.71. The molecule has 2 aromatic carbocycles. The molecule has 1 aromatic heterocycles. The molecule has 2 heterocycles. The third kappa shape index (κ3) is 4.55. The number of aromatic nitrogens is 2. The summed E-state index contributed by atoms with van der Waals surface area (Å²) < 4.78 is 12.5. The Labute approximate surface area is 181 Å². The van der Waals surface area contributed by atoms with Crippen LogP contribution >= 0.6 is 0 Å². The fourth-order valence-electron chi connectivity index (χ4n) is 3.65. The van der Waals surface area contributed by atoms with E-state index in [0.29, 0.717) is 22.8 Å². The van der Waals surface area contributed by atoms with Crippen LogP contribution in [-0.4, -0.2) is 68.1 Å². The van der Waals surface area contributed by atoms with Gasteiger partial charge in [0.25, 0.3) is 5.91 Å². The number of carbonyl (C=O) groups excluding carboxylic acids is 1. The largest absolute Gasteiger partial charge is 0.493 e. The molecule has 162 valence electrons. The molecule has 8 heteroatoms. The van der Waals surface area contributed by atoms with Crippen LogP contribution in [0.2, 0.25) is 0 Å². The van der Waals surface area contributed by atoms with Gasteiger partial charge in [0.15, 0.2) is 11.5 Å². The predicted molar refractivity (Wildman–Crippen MR) is 118 cm³/mol. The monoisotopic (exact) mass is 422 g/mol. The average Bonchev–Trinajstić information content (AvgIpc) is 3.26. The third-order valence-corrected chi connectivity index (χ3v) is 5.51. The molecule has 0 bridgehead atoms. The molecule has 0 atom stereocenters. The number of carbonyl (C=O) groups is 1. The van der Waals surface area contributed by atoms with Crippen molar-refractivity contribution in [3.63, 3.8) is 0 Å².